The molecule has 0 spiro atoms. The molecule has 0 aromatic carbocycles. The van der Waals surface area contributed by atoms with Crippen molar-refractivity contribution in [2.24, 2.45) is 0 Å². The number of hydrogen-bond acceptors (Lipinski definition) is 3. The highest BCUT2D eigenvalue weighted by Gasteiger charge is 2.31. The lowest BCUT2D eigenvalue weighted by Gasteiger charge is -2.33. The fourth-order valence-corrected chi connectivity index (χ4v) is 2.80. The third-order valence-electron chi connectivity index (χ3n) is 3.85. The number of halogens is 3. The van der Waals surface area contributed by atoms with Crippen molar-refractivity contribution in [3.8, 4) is 0 Å². The number of carbonyl (C=O) groups excluding carboxylic acids is 1. The zero-order valence-corrected chi connectivity index (χ0v) is 12.4. The summed E-state index contributed by atoms with van der Waals surface area (Å²) in [5.74, 6) is -1.65. The van der Waals surface area contributed by atoms with E-state index in [4.69, 9.17) is 5.11 Å². The lowest BCUT2D eigenvalue weighted by Crippen LogP contribution is -2.40. The molecule has 0 radical (unpaired) electrons. The Bertz CT molecular complexity index is 571. The van der Waals surface area contributed by atoms with Crippen LogP contribution in [0.2, 0.25) is 0 Å². The minimum atomic E-state index is -4.34. The number of hydrogen-bond donors (Lipinski definition) is 1. The van der Waals surface area contributed by atoms with Gasteiger partial charge < -0.3 is 10.0 Å². The quantitative estimate of drug-likeness (QED) is 0.894. The number of carbonyl (C=O) groups is 2. The van der Waals surface area contributed by atoms with Gasteiger partial charge >= 0.3 is 12.1 Å². The number of rotatable bonds is 5. The van der Waals surface area contributed by atoms with Crippen LogP contribution in [-0.2, 0) is 16.1 Å². The second-order valence-electron chi connectivity index (χ2n) is 5.60. The van der Waals surface area contributed by atoms with E-state index in [9.17, 15) is 22.8 Å². The third-order valence-corrected chi connectivity index (χ3v) is 3.85. The number of amides is 1. The highest BCUT2D eigenvalue weighted by Crippen LogP contribution is 2.28. The Morgan fingerprint density at radius 3 is 2.78 bits per heavy atom. The summed E-state index contributed by atoms with van der Waals surface area (Å²) >= 11 is 0. The molecule has 1 aromatic rings. The van der Waals surface area contributed by atoms with Gasteiger partial charge in [0.25, 0.3) is 0 Å². The first kappa shape index (κ1) is 17.3. The smallest absolute Gasteiger partial charge is 0.389 e. The summed E-state index contributed by atoms with van der Waals surface area (Å²) in [7, 11) is 0. The van der Waals surface area contributed by atoms with Gasteiger partial charge in [-0.1, -0.05) is 0 Å². The molecule has 1 amide bonds. The van der Waals surface area contributed by atoms with Crippen LogP contribution >= 0.6 is 0 Å². The largest absolute Gasteiger partial charge is 0.480 e. The van der Waals surface area contributed by atoms with Gasteiger partial charge in [0, 0.05) is 37.3 Å². The molecule has 1 fully saturated rings. The molecule has 2 rings (SSSR count). The van der Waals surface area contributed by atoms with E-state index >= 15 is 0 Å². The van der Waals surface area contributed by atoms with Gasteiger partial charge in [0.05, 0.1) is 6.42 Å². The second-order valence-corrected chi connectivity index (χ2v) is 5.60. The van der Waals surface area contributed by atoms with Crippen LogP contribution < -0.4 is 0 Å². The van der Waals surface area contributed by atoms with Crippen molar-refractivity contribution >= 4 is 11.9 Å². The molecular formula is C14H18F3N3O3. The number of alkyl halides is 3. The van der Waals surface area contributed by atoms with E-state index in [-0.39, 0.29) is 12.5 Å². The van der Waals surface area contributed by atoms with Crippen molar-refractivity contribution < 1.29 is 27.9 Å². The van der Waals surface area contributed by atoms with Crippen molar-refractivity contribution in [1.82, 2.24) is 14.7 Å². The van der Waals surface area contributed by atoms with E-state index in [1.807, 2.05) is 0 Å². The number of piperidine rings is 1. The van der Waals surface area contributed by atoms with Gasteiger partial charge in [0.1, 0.15) is 6.54 Å². The minimum Gasteiger partial charge on any atom is -0.480 e. The molecule has 23 heavy (non-hydrogen) atoms. The molecule has 1 aliphatic heterocycles. The van der Waals surface area contributed by atoms with E-state index in [1.54, 1.807) is 6.07 Å². The predicted molar refractivity (Wildman–Crippen MR) is 73.7 cm³/mol. The molecule has 0 bridgehead atoms. The van der Waals surface area contributed by atoms with Crippen molar-refractivity contribution in [1.29, 1.82) is 0 Å². The van der Waals surface area contributed by atoms with Crippen LogP contribution in [0, 0.1) is 0 Å². The molecule has 1 saturated heterocycles. The molecule has 128 valence electrons. The standard InChI is InChI=1S/C14H18F3N3O3/c15-14(16,17)5-3-12(21)19-7-1-2-10(8-19)11-4-6-18-20(11)9-13(22)23/h4,6,10H,1-3,5,7-9H2,(H,22,23). The Morgan fingerprint density at radius 1 is 1.39 bits per heavy atom. The fraction of sp³-hybridized carbons (Fsp3) is 0.643. The van der Waals surface area contributed by atoms with Crippen molar-refractivity contribution in [2.75, 3.05) is 13.1 Å². The minimum absolute atomic E-state index is 0.111. The first-order valence-corrected chi connectivity index (χ1v) is 7.34. The SMILES string of the molecule is O=C(O)Cn1nccc1C1CCCN(C(=O)CCC(F)(F)F)C1. The first-order valence-electron chi connectivity index (χ1n) is 7.34. The molecule has 0 aliphatic carbocycles. The van der Waals surface area contributed by atoms with Gasteiger partial charge in [0.15, 0.2) is 0 Å². The van der Waals surface area contributed by atoms with Gasteiger partial charge in [0.2, 0.25) is 5.91 Å². The number of aromatic nitrogens is 2. The topological polar surface area (TPSA) is 75.4 Å². The third kappa shape index (κ3) is 4.97. The van der Waals surface area contributed by atoms with Crippen molar-refractivity contribution in [3.05, 3.63) is 18.0 Å². The Hall–Kier alpha value is -2.06. The highest BCUT2D eigenvalue weighted by molar-refractivity contribution is 5.76. The average Bonchev–Trinajstić information content (AvgIpc) is 2.91. The zero-order valence-electron chi connectivity index (χ0n) is 12.4. The lowest BCUT2D eigenvalue weighted by atomic mass is 9.94. The normalized spacial score (nSPS) is 18.9. The van der Waals surface area contributed by atoms with Gasteiger partial charge in [-0.05, 0) is 18.9 Å². The molecule has 9 heteroatoms. The Kier molecular flexibility index (Phi) is 5.27. The molecule has 1 aliphatic rings. The van der Waals surface area contributed by atoms with E-state index in [1.165, 1.54) is 15.8 Å². The molecule has 2 heterocycles. The molecule has 1 unspecified atom stereocenters. The Labute approximate surface area is 130 Å². The average molecular weight is 333 g/mol. The summed E-state index contributed by atoms with van der Waals surface area (Å²) in [6.45, 7) is 0.448. The van der Waals surface area contributed by atoms with Crippen molar-refractivity contribution in [3.63, 3.8) is 0 Å². The van der Waals surface area contributed by atoms with Gasteiger partial charge in [-0.2, -0.15) is 18.3 Å². The highest BCUT2D eigenvalue weighted by atomic mass is 19.4. The van der Waals surface area contributed by atoms with Crippen LogP contribution in [0.4, 0.5) is 13.2 Å². The zero-order chi connectivity index (χ0) is 17.0. The van der Waals surface area contributed by atoms with Gasteiger partial charge in [-0.25, -0.2) is 0 Å². The van der Waals surface area contributed by atoms with Gasteiger partial charge in [-0.3, -0.25) is 14.3 Å². The Balaban J connectivity index is 1.99. The number of carboxylic acids is 1. The van der Waals surface area contributed by atoms with Crippen LogP contribution in [0.1, 0.15) is 37.3 Å². The lowest BCUT2D eigenvalue weighted by molar-refractivity contribution is -0.149. The molecular weight excluding hydrogens is 315 g/mol. The van der Waals surface area contributed by atoms with E-state index < -0.39 is 30.9 Å². The number of aliphatic carboxylic acids is 1. The molecule has 6 nitrogen and oxygen atoms in total. The summed E-state index contributed by atoms with van der Waals surface area (Å²) in [5, 5.41) is 12.8. The molecule has 1 atom stereocenters. The summed E-state index contributed by atoms with van der Waals surface area (Å²) < 4.78 is 38.0. The van der Waals surface area contributed by atoms with Crippen LogP contribution in [0.5, 0.6) is 0 Å². The van der Waals surface area contributed by atoms with Gasteiger partial charge in [-0.15, -0.1) is 0 Å². The molecule has 1 N–H and O–H groups in total. The van der Waals surface area contributed by atoms with Crippen LogP contribution in [0.3, 0.4) is 0 Å². The predicted octanol–water partition coefficient (Wildman–Crippen LogP) is 2.02. The Morgan fingerprint density at radius 2 is 2.13 bits per heavy atom. The van der Waals surface area contributed by atoms with Crippen LogP contribution in [0.25, 0.3) is 0 Å². The second kappa shape index (κ2) is 7.01. The first-order chi connectivity index (χ1) is 10.8. The van der Waals surface area contributed by atoms with Crippen molar-refractivity contribution in [2.45, 2.75) is 44.3 Å². The number of nitrogens with zero attached hydrogens (tertiary/aromatic N) is 3. The summed E-state index contributed by atoms with van der Waals surface area (Å²) in [6, 6.07) is 1.69. The summed E-state index contributed by atoms with van der Waals surface area (Å²) in [5.41, 5.74) is 0.695. The van der Waals surface area contributed by atoms with E-state index in [0.29, 0.717) is 25.2 Å². The maximum atomic E-state index is 12.2. The molecule has 1 aromatic heterocycles. The maximum Gasteiger partial charge on any atom is 0.389 e. The maximum absolute atomic E-state index is 12.2. The summed E-state index contributed by atoms with van der Waals surface area (Å²) in [6.07, 6.45) is -3.11. The monoisotopic (exact) mass is 333 g/mol. The molecule has 0 saturated carbocycles. The van der Waals surface area contributed by atoms with Crippen LogP contribution in [0.15, 0.2) is 12.3 Å². The number of likely N-dealkylation sites (tertiary alicyclic amines) is 1. The number of carboxylic acid groups (broad SMARTS) is 1. The fourth-order valence-electron chi connectivity index (χ4n) is 2.80. The summed E-state index contributed by atoms with van der Waals surface area (Å²) in [4.78, 5) is 24.2. The van der Waals surface area contributed by atoms with E-state index in [2.05, 4.69) is 5.10 Å². The van der Waals surface area contributed by atoms with E-state index in [0.717, 1.165) is 6.42 Å². The van der Waals surface area contributed by atoms with Crippen LogP contribution in [-0.4, -0.2) is 50.9 Å².